The molecule has 2 fully saturated rings. The van der Waals surface area contributed by atoms with Gasteiger partial charge in [0.2, 0.25) is 11.8 Å². The average molecular weight is 286 g/mol. The summed E-state index contributed by atoms with van der Waals surface area (Å²) in [4.78, 5) is 25.6. The Bertz CT molecular complexity index is 644. The van der Waals surface area contributed by atoms with Gasteiger partial charge in [0, 0.05) is 0 Å². The number of hydrogen-bond donors (Lipinski definition) is 1. The van der Waals surface area contributed by atoms with Crippen LogP contribution >= 0.6 is 0 Å². The van der Waals surface area contributed by atoms with Gasteiger partial charge in [-0.1, -0.05) is 18.1 Å². The summed E-state index contributed by atoms with van der Waals surface area (Å²) in [6.07, 6.45) is 7.07. The number of fused-ring (bicyclic) bond motifs is 1. The van der Waals surface area contributed by atoms with Gasteiger partial charge in [0.15, 0.2) is 0 Å². The Labute approximate surface area is 122 Å². The molecule has 0 spiro atoms. The second-order valence-electron chi connectivity index (χ2n) is 5.65. The number of amides is 2. The summed E-state index contributed by atoms with van der Waals surface area (Å²) in [7, 11) is 0. The molecule has 1 N–H and O–H groups in total. The molecule has 108 valence electrons. The van der Waals surface area contributed by atoms with E-state index in [1.807, 2.05) is 0 Å². The van der Waals surface area contributed by atoms with Crippen LogP contribution in [-0.2, 0) is 9.59 Å². The molecular formula is C16H15FN2O2. The fourth-order valence-electron chi connectivity index (χ4n) is 2.60. The van der Waals surface area contributed by atoms with Crippen molar-refractivity contribution in [3.05, 3.63) is 30.1 Å². The number of rotatable bonds is 5. The predicted molar refractivity (Wildman–Crippen MR) is 75.6 cm³/mol. The lowest BCUT2D eigenvalue weighted by atomic mass is 10.2. The lowest BCUT2D eigenvalue weighted by molar-refractivity contribution is -0.137. The van der Waals surface area contributed by atoms with E-state index >= 15 is 0 Å². The molecule has 2 aliphatic rings. The minimum Gasteiger partial charge on any atom is -0.322 e. The number of carbonyl (C=O) groups is 2. The first-order valence-electron chi connectivity index (χ1n) is 6.84. The number of terminal acetylenes is 1. The van der Waals surface area contributed by atoms with Crippen LogP contribution in [0.4, 0.5) is 10.1 Å². The van der Waals surface area contributed by atoms with Gasteiger partial charge in [0.05, 0.1) is 17.6 Å². The summed E-state index contributed by atoms with van der Waals surface area (Å²) in [6, 6.07) is 5.90. The molecule has 0 aliphatic heterocycles. The Balaban J connectivity index is 1.63. The van der Waals surface area contributed by atoms with Gasteiger partial charge >= 0.3 is 0 Å². The zero-order chi connectivity index (χ0) is 15.0. The minimum atomic E-state index is -0.510. The van der Waals surface area contributed by atoms with Crippen LogP contribution in [0.3, 0.4) is 0 Å². The van der Waals surface area contributed by atoms with Crippen LogP contribution in [0.1, 0.15) is 12.8 Å². The smallest absolute Gasteiger partial charge is 0.244 e. The Kier molecular flexibility index (Phi) is 3.17. The number of nitrogens with one attached hydrogen (secondary N) is 1. The fraction of sp³-hybridized carbons (Fsp3) is 0.375. The summed E-state index contributed by atoms with van der Waals surface area (Å²) >= 11 is 0. The summed E-state index contributed by atoms with van der Waals surface area (Å²) in [6.45, 7) is -0.0518. The van der Waals surface area contributed by atoms with Crippen LogP contribution in [0.25, 0.3) is 0 Å². The Morgan fingerprint density at radius 2 is 2.10 bits per heavy atom. The molecule has 0 atom stereocenters. The van der Waals surface area contributed by atoms with Crippen molar-refractivity contribution < 1.29 is 14.0 Å². The molecule has 1 aromatic rings. The van der Waals surface area contributed by atoms with Gasteiger partial charge in [0.25, 0.3) is 0 Å². The highest BCUT2D eigenvalue weighted by Gasteiger charge is 2.75. The summed E-state index contributed by atoms with van der Waals surface area (Å²) in [5.74, 6) is 1.88. The number of nitrogens with zero attached hydrogens (tertiary/aromatic N) is 1. The van der Waals surface area contributed by atoms with E-state index in [9.17, 15) is 14.0 Å². The monoisotopic (exact) mass is 286 g/mol. The second-order valence-corrected chi connectivity index (χ2v) is 5.65. The van der Waals surface area contributed by atoms with Crippen molar-refractivity contribution in [2.24, 2.45) is 11.3 Å². The highest BCUT2D eigenvalue weighted by molar-refractivity contribution is 5.97. The van der Waals surface area contributed by atoms with E-state index in [0.717, 1.165) is 12.8 Å². The van der Waals surface area contributed by atoms with Gasteiger partial charge in [-0.3, -0.25) is 9.59 Å². The zero-order valence-electron chi connectivity index (χ0n) is 11.4. The highest BCUT2D eigenvalue weighted by Crippen LogP contribution is 2.75. The normalized spacial score (nSPS) is 24.5. The van der Waals surface area contributed by atoms with Crippen LogP contribution in [0.2, 0.25) is 0 Å². The van der Waals surface area contributed by atoms with Crippen LogP contribution < -0.4 is 5.32 Å². The first kappa shape index (κ1) is 13.6. The van der Waals surface area contributed by atoms with Gasteiger partial charge < -0.3 is 10.2 Å². The van der Waals surface area contributed by atoms with Crippen LogP contribution in [-0.4, -0.2) is 29.8 Å². The molecule has 0 aromatic heterocycles. The van der Waals surface area contributed by atoms with Gasteiger partial charge in [-0.2, -0.15) is 0 Å². The third-order valence-electron chi connectivity index (χ3n) is 4.16. The number of anilines is 1. The maximum Gasteiger partial charge on any atom is 0.244 e. The number of para-hydroxylation sites is 1. The number of benzene rings is 1. The second kappa shape index (κ2) is 4.88. The van der Waals surface area contributed by atoms with Crippen LogP contribution in [0.5, 0.6) is 0 Å². The van der Waals surface area contributed by atoms with Gasteiger partial charge in [-0.15, -0.1) is 6.42 Å². The third kappa shape index (κ3) is 2.49. The van der Waals surface area contributed by atoms with E-state index in [0.29, 0.717) is 5.92 Å². The van der Waals surface area contributed by atoms with E-state index in [4.69, 9.17) is 6.42 Å². The lowest BCUT2D eigenvalue weighted by Crippen LogP contribution is -2.40. The summed E-state index contributed by atoms with van der Waals surface area (Å²) in [5, 5.41) is 2.46. The maximum atomic E-state index is 13.5. The molecule has 2 amide bonds. The molecule has 0 radical (unpaired) electrons. The van der Waals surface area contributed by atoms with Crippen LogP contribution in [0.15, 0.2) is 24.3 Å². The predicted octanol–water partition coefficient (Wildman–Crippen LogP) is 1.64. The first-order chi connectivity index (χ1) is 10.1. The molecule has 2 aliphatic carbocycles. The number of halogens is 1. The minimum absolute atomic E-state index is 0.0471. The lowest BCUT2D eigenvalue weighted by Gasteiger charge is -2.21. The molecule has 3 rings (SSSR count). The molecule has 0 unspecified atom stereocenters. The van der Waals surface area contributed by atoms with Crippen LogP contribution in [0, 0.1) is 29.5 Å². The molecule has 1 aromatic carbocycles. The van der Waals surface area contributed by atoms with Crippen molar-refractivity contribution in [1.29, 1.82) is 0 Å². The van der Waals surface area contributed by atoms with E-state index in [-0.39, 0.29) is 30.1 Å². The molecule has 4 nitrogen and oxygen atoms in total. The zero-order valence-corrected chi connectivity index (χ0v) is 11.4. The molecular weight excluding hydrogens is 271 g/mol. The summed E-state index contributed by atoms with van der Waals surface area (Å²) < 4.78 is 13.5. The maximum absolute atomic E-state index is 13.5. The molecule has 21 heavy (non-hydrogen) atoms. The van der Waals surface area contributed by atoms with Crippen molar-refractivity contribution >= 4 is 17.5 Å². The molecule has 2 saturated carbocycles. The van der Waals surface area contributed by atoms with Crippen molar-refractivity contribution in [3.8, 4) is 12.3 Å². The Morgan fingerprint density at radius 3 is 2.67 bits per heavy atom. The van der Waals surface area contributed by atoms with Gasteiger partial charge in [0.1, 0.15) is 12.4 Å². The third-order valence-corrected chi connectivity index (χ3v) is 4.16. The van der Waals surface area contributed by atoms with Crippen molar-refractivity contribution in [2.45, 2.75) is 12.8 Å². The van der Waals surface area contributed by atoms with Gasteiger partial charge in [-0.25, -0.2) is 4.39 Å². The van der Waals surface area contributed by atoms with E-state index in [1.165, 1.54) is 17.0 Å². The average Bonchev–Trinajstić information content (AvgIpc) is 3.29. The van der Waals surface area contributed by atoms with Gasteiger partial charge in [-0.05, 0) is 30.9 Å². The standard InChI is InChI=1S/C16H15FN2O2/c1-2-7-19(15(21)16-8-11(16)9-16)10-14(20)18-13-6-4-3-5-12(13)17/h1,3-6,11H,7-10H2,(H,18,20). The van der Waals surface area contributed by atoms with E-state index in [2.05, 4.69) is 11.2 Å². The Hall–Kier alpha value is -2.35. The SMILES string of the molecule is C#CCN(CC(=O)Nc1ccccc1F)C(=O)C12CC1C2. The van der Waals surface area contributed by atoms with Crippen molar-refractivity contribution in [3.63, 3.8) is 0 Å². The first-order valence-corrected chi connectivity index (χ1v) is 6.84. The fourth-order valence-corrected chi connectivity index (χ4v) is 2.60. The van der Waals surface area contributed by atoms with E-state index < -0.39 is 11.7 Å². The molecule has 0 saturated heterocycles. The topological polar surface area (TPSA) is 49.4 Å². The number of carbonyl (C=O) groups excluding carboxylic acids is 2. The largest absolute Gasteiger partial charge is 0.322 e. The molecule has 5 heteroatoms. The van der Waals surface area contributed by atoms with E-state index in [1.54, 1.807) is 12.1 Å². The number of hydrogen-bond acceptors (Lipinski definition) is 2. The molecule has 0 heterocycles. The summed E-state index contributed by atoms with van der Waals surface area (Å²) in [5.41, 5.74) is -0.126. The van der Waals surface area contributed by atoms with Crippen molar-refractivity contribution in [1.82, 2.24) is 4.90 Å². The molecule has 0 bridgehead atoms. The highest BCUT2D eigenvalue weighted by atomic mass is 19.1. The van der Waals surface area contributed by atoms with Crippen molar-refractivity contribution in [2.75, 3.05) is 18.4 Å². The Morgan fingerprint density at radius 1 is 1.43 bits per heavy atom. The quantitative estimate of drug-likeness (QED) is 0.837.